The molecule has 0 spiro atoms. The van der Waals surface area contributed by atoms with E-state index in [2.05, 4.69) is 11.9 Å². The summed E-state index contributed by atoms with van der Waals surface area (Å²) < 4.78 is 5.03. The van der Waals surface area contributed by atoms with Crippen LogP contribution in [0.5, 0.6) is 5.75 Å². The summed E-state index contributed by atoms with van der Waals surface area (Å²) in [5.41, 5.74) is 0.559. The van der Waals surface area contributed by atoms with Crippen LogP contribution in [0.15, 0.2) is 42.5 Å². The molecule has 0 radical (unpaired) electrons. The Morgan fingerprint density at radius 1 is 1.24 bits per heavy atom. The summed E-state index contributed by atoms with van der Waals surface area (Å²) >= 11 is 0. The lowest BCUT2D eigenvalue weighted by Crippen LogP contribution is -2.54. The number of ether oxygens (including phenoxy) is 1. The number of hydrogen-bond acceptors (Lipinski definition) is 4. The molecule has 21 heavy (non-hydrogen) atoms. The molecule has 1 aliphatic rings. The lowest BCUT2D eigenvalue weighted by molar-refractivity contribution is -0.129. The number of nitrogens with zero attached hydrogens (tertiary/aromatic N) is 1. The highest BCUT2D eigenvalue weighted by molar-refractivity contribution is 6.31. The topological polar surface area (TPSA) is 75.7 Å². The average Bonchev–Trinajstić information content (AvgIpc) is 2.48. The van der Waals surface area contributed by atoms with Gasteiger partial charge in [-0.1, -0.05) is 18.2 Å². The summed E-state index contributed by atoms with van der Waals surface area (Å²) in [6.07, 6.45) is 2.85. The number of imide groups is 2. The van der Waals surface area contributed by atoms with Gasteiger partial charge in [-0.25, -0.2) is 4.79 Å². The highest BCUT2D eigenvalue weighted by atomic mass is 16.5. The zero-order chi connectivity index (χ0) is 15.4. The van der Waals surface area contributed by atoms with Crippen LogP contribution in [0.25, 0.3) is 6.08 Å². The first-order chi connectivity index (χ1) is 10.1. The molecule has 6 nitrogen and oxygen atoms in total. The maximum atomic E-state index is 12.2. The van der Waals surface area contributed by atoms with Gasteiger partial charge in [-0.05, 0) is 23.8 Å². The minimum atomic E-state index is -0.739. The Morgan fingerprint density at radius 2 is 1.90 bits per heavy atom. The zero-order valence-electron chi connectivity index (χ0n) is 11.5. The van der Waals surface area contributed by atoms with E-state index < -0.39 is 17.8 Å². The first kappa shape index (κ1) is 14.5. The second-order valence-corrected chi connectivity index (χ2v) is 4.29. The SMILES string of the molecule is C=CCN1C(=O)NC(=O)/C(=C\c2ccc(OC)cc2)C1=O. The number of amides is 4. The maximum Gasteiger partial charge on any atom is 0.331 e. The van der Waals surface area contributed by atoms with Crippen LogP contribution < -0.4 is 10.1 Å². The Hall–Kier alpha value is -2.89. The number of benzene rings is 1. The summed E-state index contributed by atoms with van der Waals surface area (Å²) in [5, 5.41) is 2.12. The molecule has 0 bridgehead atoms. The number of rotatable bonds is 4. The highest BCUT2D eigenvalue weighted by Gasteiger charge is 2.34. The highest BCUT2D eigenvalue weighted by Crippen LogP contribution is 2.17. The fraction of sp³-hybridized carbons (Fsp3) is 0.133. The van der Waals surface area contributed by atoms with E-state index >= 15 is 0 Å². The predicted molar refractivity (Wildman–Crippen MR) is 76.4 cm³/mol. The van der Waals surface area contributed by atoms with E-state index in [0.29, 0.717) is 11.3 Å². The molecular weight excluding hydrogens is 272 g/mol. The molecule has 1 heterocycles. The fourth-order valence-electron chi connectivity index (χ4n) is 1.86. The first-order valence-electron chi connectivity index (χ1n) is 6.20. The van der Waals surface area contributed by atoms with Crippen LogP contribution in [0.2, 0.25) is 0 Å². The van der Waals surface area contributed by atoms with E-state index in [0.717, 1.165) is 4.90 Å². The predicted octanol–water partition coefficient (Wildman–Crippen LogP) is 1.34. The minimum Gasteiger partial charge on any atom is -0.497 e. The first-order valence-corrected chi connectivity index (χ1v) is 6.20. The van der Waals surface area contributed by atoms with Gasteiger partial charge in [0.1, 0.15) is 11.3 Å². The van der Waals surface area contributed by atoms with Gasteiger partial charge >= 0.3 is 6.03 Å². The van der Waals surface area contributed by atoms with E-state index in [1.165, 1.54) is 12.2 Å². The molecule has 0 aromatic heterocycles. The quantitative estimate of drug-likeness (QED) is 0.515. The van der Waals surface area contributed by atoms with Gasteiger partial charge in [-0.2, -0.15) is 0 Å². The van der Waals surface area contributed by atoms with Crippen LogP contribution in [-0.4, -0.2) is 36.4 Å². The van der Waals surface area contributed by atoms with Crippen molar-refractivity contribution in [1.29, 1.82) is 0 Å². The monoisotopic (exact) mass is 286 g/mol. The summed E-state index contributed by atoms with van der Waals surface area (Å²) in [7, 11) is 1.55. The van der Waals surface area contributed by atoms with Gasteiger partial charge in [-0.3, -0.25) is 19.8 Å². The van der Waals surface area contributed by atoms with Gasteiger partial charge < -0.3 is 4.74 Å². The Morgan fingerprint density at radius 3 is 2.48 bits per heavy atom. The molecule has 0 saturated carbocycles. The summed E-state index contributed by atoms with van der Waals surface area (Å²) in [6.45, 7) is 3.52. The van der Waals surface area contributed by atoms with Crippen molar-refractivity contribution in [3.05, 3.63) is 48.1 Å². The molecule has 1 saturated heterocycles. The van der Waals surface area contributed by atoms with Crippen molar-refractivity contribution >= 4 is 23.9 Å². The normalized spacial score (nSPS) is 16.9. The van der Waals surface area contributed by atoms with Gasteiger partial charge in [-0.15, -0.1) is 6.58 Å². The minimum absolute atomic E-state index is 0.0396. The van der Waals surface area contributed by atoms with Crippen LogP contribution in [-0.2, 0) is 9.59 Å². The van der Waals surface area contributed by atoms with Crippen LogP contribution >= 0.6 is 0 Å². The molecule has 4 amide bonds. The third-order valence-corrected chi connectivity index (χ3v) is 2.92. The van der Waals surface area contributed by atoms with Crippen molar-refractivity contribution in [3.63, 3.8) is 0 Å². The molecule has 0 atom stereocenters. The van der Waals surface area contributed by atoms with E-state index in [-0.39, 0.29) is 12.1 Å². The van der Waals surface area contributed by atoms with E-state index in [4.69, 9.17) is 4.74 Å². The number of carbonyl (C=O) groups excluding carboxylic acids is 3. The molecule has 1 aliphatic heterocycles. The van der Waals surface area contributed by atoms with E-state index in [9.17, 15) is 14.4 Å². The van der Waals surface area contributed by atoms with Gasteiger partial charge in [0, 0.05) is 6.54 Å². The van der Waals surface area contributed by atoms with Crippen LogP contribution in [0.3, 0.4) is 0 Å². The van der Waals surface area contributed by atoms with Crippen molar-refractivity contribution in [1.82, 2.24) is 10.2 Å². The third-order valence-electron chi connectivity index (χ3n) is 2.92. The molecule has 1 aromatic carbocycles. The maximum absolute atomic E-state index is 12.2. The Kier molecular flexibility index (Phi) is 4.18. The van der Waals surface area contributed by atoms with Gasteiger partial charge in [0.15, 0.2) is 0 Å². The zero-order valence-corrected chi connectivity index (χ0v) is 11.5. The van der Waals surface area contributed by atoms with E-state index in [1.807, 2.05) is 0 Å². The molecule has 0 unspecified atom stereocenters. The molecule has 1 fully saturated rings. The fourth-order valence-corrected chi connectivity index (χ4v) is 1.86. The third kappa shape index (κ3) is 3.00. The van der Waals surface area contributed by atoms with Gasteiger partial charge in [0.2, 0.25) is 0 Å². The number of barbiturate groups is 1. The molecule has 1 aromatic rings. The number of urea groups is 1. The number of carbonyl (C=O) groups is 3. The largest absolute Gasteiger partial charge is 0.497 e. The Labute approximate surface area is 121 Å². The van der Waals surface area contributed by atoms with E-state index in [1.54, 1.807) is 31.4 Å². The standard InChI is InChI=1S/C15H14N2O4/c1-3-8-17-14(19)12(13(18)16-15(17)20)9-10-4-6-11(21-2)7-5-10/h3-7,9H,1,8H2,2H3,(H,16,18,20)/b12-9+. The second-order valence-electron chi connectivity index (χ2n) is 4.29. The van der Waals surface area contributed by atoms with Crippen molar-refractivity contribution in [2.45, 2.75) is 0 Å². The molecule has 1 N–H and O–H groups in total. The van der Waals surface area contributed by atoms with Crippen LogP contribution in [0, 0.1) is 0 Å². The number of methoxy groups -OCH3 is 1. The average molecular weight is 286 g/mol. The Balaban J connectivity index is 2.32. The lowest BCUT2D eigenvalue weighted by atomic mass is 10.1. The molecule has 6 heteroatoms. The van der Waals surface area contributed by atoms with Crippen molar-refractivity contribution in [3.8, 4) is 5.75 Å². The number of hydrogen-bond donors (Lipinski definition) is 1. The number of nitrogens with one attached hydrogen (secondary N) is 1. The second kappa shape index (κ2) is 6.04. The molecular formula is C15H14N2O4. The van der Waals surface area contributed by atoms with Crippen molar-refractivity contribution in [2.75, 3.05) is 13.7 Å². The smallest absolute Gasteiger partial charge is 0.331 e. The van der Waals surface area contributed by atoms with Crippen molar-refractivity contribution in [2.24, 2.45) is 0 Å². The summed E-state index contributed by atoms with van der Waals surface area (Å²) in [5.74, 6) is -0.680. The Bertz CT molecular complexity index is 632. The van der Waals surface area contributed by atoms with Crippen molar-refractivity contribution < 1.29 is 19.1 Å². The molecule has 0 aliphatic carbocycles. The van der Waals surface area contributed by atoms with Gasteiger partial charge in [0.25, 0.3) is 11.8 Å². The molecule has 2 rings (SSSR count). The summed E-state index contributed by atoms with van der Waals surface area (Å²) in [6, 6.07) is 6.10. The van der Waals surface area contributed by atoms with Crippen LogP contribution in [0.1, 0.15) is 5.56 Å². The lowest BCUT2D eigenvalue weighted by Gasteiger charge is -2.25. The van der Waals surface area contributed by atoms with Crippen LogP contribution in [0.4, 0.5) is 4.79 Å². The van der Waals surface area contributed by atoms with Gasteiger partial charge in [0.05, 0.1) is 7.11 Å². The summed E-state index contributed by atoms with van der Waals surface area (Å²) in [4.78, 5) is 36.4. The molecule has 108 valence electrons.